The summed E-state index contributed by atoms with van der Waals surface area (Å²) in [5.41, 5.74) is 6.84. The van der Waals surface area contributed by atoms with Crippen molar-refractivity contribution in [1.29, 1.82) is 0 Å². The summed E-state index contributed by atoms with van der Waals surface area (Å²) >= 11 is 0. The fourth-order valence-electron chi connectivity index (χ4n) is 1.79. The minimum Gasteiger partial charge on any atom is -0.492 e. The second-order valence-corrected chi connectivity index (χ2v) is 4.44. The predicted molar refractivity (Wildman–Crippen MR) is 75.2 cm³/mol. The Balaban J connectivity index is 1.94. The summed E-state index contributed by atoms with van der Waals surface area (Å²) < 4.78 is 7.26. The van der Waals surface area contributed by atoms with Crippen molar-refractivity contribution in [2.24, 2.45) is 5.73 Å². The Morgan fingerprint density at radius 3 is 2.84 bits per heavy atom. The van der Waals surface area contributed by atoms with Gasteiger partial charge >= 0.3 is 0 Å². The van der Waals surface area contributed by atoms with Crippen LogP contribution in [0.3, 0.4) is 0 Å². The SMILES string of the molecule is CC(N)c1cccc(OCCn2ccccc2=O)c1. The van der Waals surface area contributed by atoms with Crippen LogP contribution < -0.4 is 16.0 Å². The van der Waals surface area contributed by atoms with Gasteiger partial charge in [-0.15, -0.1) is 0 Å². The number of hydrogen-bond acceptors (Lipinski definition) is 3. The quantitative estimate of drug-likeness (QED) is 0.891. The van der Waals surface area contributed by atoms with Crippen LogP contribution >= 0.6 is 0 Å². The summed E-state index contributed by atoms with van der Waals surface area (Å²) in [6.45, 7) is 2.91. The summed E-state index contributed by atoms with van der Waals surface area (Å²) in [5.74, 6) is 0.777. The first-order valence-electron chi connectivity index (χ1n) is 6.30. The van der Waals surface area contributed by atoms with Crippen LogP contribution in [0, 0.1) is 0 Å². The lowest BCUT2D eigenvalue weighted by Gasteiger charge is -2.10. The zero-order valence-corrected chi connectivity index (χ0v) is 11.0. The Kier molecular flexibility index (Phi) is 4.36. The number of ether oxygens (including phenoxy) is 1. The van der Waals surface area contributed by atoms with E-state index in [4.69, 9.17) is 10.5 Å². The summed E-state index contributed by atoms with van der Waals surface area (Å²) in [6, 6.07) is 12.8. The Morgan fingerprint density at radius 1 is 1.26 bits per heavy atom. The molecular weight excluding hydrogens is 240 g/mol. The molecule has 2 rings (SSSR count). The van der Waals surface area contributed by atoms with Crippen LogP contribution in [0.15, 0.2) is 53.5 Å². The van der Waals surface area contributed by atoms with Crippen molar-refractivity contribution < 1.29 is 4.74 Å². The fourth-order valence-corrected chi connectivity index (χ4v) is 1.79. The molecule has 0 aliphatic heterocycles. The van der Waals surface area contributed by atoms with Crippen LogP contribution in [0.4, 0.5) is 0 Å². The normalized spacial score (nSPS) is 12.1. The number of hydrogen-bond donors (Lipinski definition) is 1. The molecule has 1 aromatic heterocycles. The molecule has 100 valence electrons. The molecule has 1 unspecified atom stereocenters. The summed E-state index contributed by atoms with van der Waals surface area (Å²) in [5, 5.41) is 0. The molecule has 4 heteroatoms. The average Bonchev–Trinajstić information content (AvgIpc) is 2.41. The van der Waals surface area contributed by atoms with E-state index in [1.807, 2.05) is 37.3 Å². The van der Waals surface area contributed by atoms with Crippen LogP contribution in [0.2, 0.25) is 0 Å². The van der Waals surface area contributed by atoms with Crippen LogP contribution in [0.25, 0.3) is 0 Å². The van der Waals surface area contributed by atoms with Gasteiger partial charge in [-0.1, -0.05) is 18.2 Å². The van der Waals surface area contributed by atoms with Gasteiger partial charge in [0.2, 0.25) is 0 Å². The van der Waals surface area contributed by atoms with Gasteiger partial charge in [0.05, 0.1) is 6.54 Å². The zero-order valence-electron chi connectivity index (χ0n) is 11.0. The van der Waals surface area contributed by atoms with Crippen LogP contribution in [-0.4, -0.2) is 11.2 Å². The van der Waals surface area contributed by atoms with Gasteiger partial charge in [-0.05, 0) is 30.7 Å². The van der Waals surface area contributed by atoms with E-state index in [0.717, 1.165) is 11.3 Å². The molecule has 4 nitrogen and oxygen atoms in total. The van der Waals surface area contributed by atoms with Crippen molar-refractivity contribution in [1.82, 2.24) is 4.57 Å². The van der Waals surface area contributed by atoms with E-state index in [2.05, 4.69) is 0 Å². The molecule has 0 saturated carbocycles. The summed E-state index contributed by atoms with van der Waals surface area (Å²) in [4.78, 5) is 11.5. The van der Waals surface area contributed by atoms with Gasteiger partial charge in [0, 0.05) is 18.3 Å². The maximum Gasteiger partial charge on any atom is 0.250 e. The van der Waals surface area contributed by atoms with E-state index in [0.29, 0.717) is 13.2 Å². The van der Waals surface area contributed by atoms with Crippen molar-refractivity contribution in [3.63, 3.8) is 0 Å². The Labute approximate surface area is 112 Å². The zero-order chi connectivity index (χ0) is 13.7. The van der Waals surface area contributed by atoms with Gasteiger partial charge in [0.25, 0.3) is 5.56 Å². The molecule has 2 N–H and O–H groups in total. The fraction of sp³-hybridized carbons (Fsp3) is 0.267. The minimum atomic E-state index is -0.0181. The molecule has 0 saturated heterocycles. The standard InChI is InChI=1S/C15H18N2O2/c1-12(16)13-5-4-6-14(11-13)19-10-9-17-8-3-2-7-15(17)18/h2-8,11-12H,9-10,16H2,1H3. The van der Waals surface area contributed by atoms with E-state index in [-0.39, 0.29) is 11.6 Å². The van der Waals surface area contributed by atoms with E-state index in [9.17, 15) is 4.79 Å². The first-order valence-corrected chi connectivity index (χ1v) is 6.30. The van der Waals surface area contributed by atoms with Gasteiger partial charge < -0.3 is 15.0 Å². The topological polar surface area (TPSA) is 57.2 Å². The molecule has 0 aliphatic rings. The molecule has 1 atom stereocenters. The molecule has 2 aromatic rings. The molecule has 1 heterocycles. The molecule has 19 heavy (non-hydrogen) atoms. The molecule has 0 aliphatic carbocycles. The van der Waals surface area contributed by atoms with E-state index in [1.165, 1.54) is 6.07 Å². The number of aromatic nitrogens is 1. The first kappa shape index (κ1) is 13.4. The lowest BCUT2D eigenvalue weighted by molar-refractivity contribution is 0.296. The third kappa shape index (κ3) is 3.69. The van der Waals surface area contributed by atoms with Gasteiger partial charge in [-0.25, -0.2) is 0 Å². The highest BCUT2D eigenvalue weighted by atomic mass is 16.5. The highest BCUT2D eigenvalue weighted by Crippen LogP contribution is 2.17. The largest absolute Gasteiger partial charge is 0.492 e. The number of benzene rings is 1. The van der Waals surface area contributed by atoms with Gasteiger partial charge in [-0.3, -0.25) is 4.79 Å². The van der Waals surface area contributed by atoms with Crippen molar-refractivity contribution in [3.05, 3.63) is 64.6 Å². The number of nitrogens with zero attached hydrogens (tertiary/aromatic N) is 1. The second-order valence-electron chi connectivity index (χ2n) is 4.44. The summed E-state index contributed by atoms with van der Waals surface area (Å²) in [7, 11) is 0. The highest BCUT2D eigenvalue weighted by Gasteiger charge is 2.01. The maximum absolute atomic E-state index is 11.5. The van der Waals surface area contributed by atoms with E-state index in [1.54, 1.807) is 16.8 Å². The number of nitrogens with two attached hydrogens (primary N) is 1. The van der Waals surface area contributed by atoms with Crippen LogP contribution in [-0.2, 0) is 6.54 Å². The number of pyridine rings is 1. The minimum absolute atomic E-state index is 0.0136. The third-order valence-electron chi connectivity index (χ3n) is 2.88. The van der Waals surface area contributed by atoms with Crippen molar-refractivity contribution in [3.8, 4) is 5.75 Å². The Hall–Kier alpha value is -2.07. The molecule has 0 bridgehead atoms. The van der Waals surface area contributed by atoms with Crippen LogP contribution in [0.1, 0.15) is 18.5 Å². The predicted octanol–water partition coefficient (Wildman–Crippen LogP) is 1.95. The van der Waals surface area contributed by atoms with E-state index < -0.39 is 0 Å². The van der Waals surface area contributed by atoms with Gasteiger partial charge in [0.1, 0.15) is 12.4 Å². The van der Waals surface area contributed by atoms with Crippen LogP contribution in [0.5, 0.6) is 5.75 Å². The highest BCUT2D eigenvalue weighted by molar-refractivity contribution is 5.30. The molecule has 0 radical (unpaired) electrons. The molecule has 0 fully saturated rings. The van der Waals surface area contributed by atoms with Crippen molar-refractivity contribution >= 4 is 0 Å². The first-order chi connectivity index (χ1) is 9.16. The van der Waals surface area contributed by atoms with Crippen molar-refractivity contribution in [2.75, 3.05) is 6.61 Å². The molecule has 0 spiro atoms. The summed E-state index contributed by atoms with van der Waals surface area (Å²) in [6.07, 6.45) is 1.75. The van der Waals surface area contributed by atoms with Gasteiger partial charge in [0.15, 0.2) is 0 Å². The van der Waals surface area contributed by atoms with E-state index >= 15 is 0 Å². The maximum atomic E-state index is 11.5. The lowest BCUT2D eigenvalue weighted by atomic mass is 10.1. The smallest absolute Gasteiger partial charge is 0.250 e. The third-order valence-corrected chi connectivity index (χ3v) is 2.88. The Bertz CT molecular complexity index is 590. The number of rotatable bonds is 5. The Morgan fingerprint density at radius 2 is 2.11 bits per heavy atom. The second kappa shape index (κ2) is 6.20. The average molecular weight is 258 g/mol. The van der Waals surface area contributed by atoms with Crippen molar-refractivity contribution in [2.45, 2.75) is 19.5 Å². The molecule has 1 aromatic carbocycles. The lowest BCUT2D eigenvalue weighted by Crippen LogP contribution is -2.21. The molecular formula is C15H18N2O2. The van der Waals surface area contributed by atoms with Gasteiger partial charge in [-0.2, -0.15) is 0 Å². The monoisotopic (exact) mass is 258 g/mol. The molecule has 0 amide bonds.